The summed E-state index contributed by atoms with van der Waals surface area (Å²) in [5, 5.41) is 6.74. The van der Waals surface area contributed by atoms with Crippen molar-refractivity contribution in [3.63, 3.8) is 0 Å². The molecule has 0 spiro atoms. The largest absolute Gasteiger partial charge is 0.356 e. The van der Waals surface area contributed by atoms with Crippen LogP contribution in [-0.4, -0.2) is 55.2 Å². The van der Waals surface area contributed by atoms with Crippen molar-refractivity contribution < 1.29 is 0 Å². The minimum absolute atomic E-state index is 0. The topological polar surface area (TPSA) is 44.6 Å². The summed E-state index contributed by atoms with van der Waals surface area (Å²) in [6, 6.07) is 4.09. The number of halogens is 1. The molecule has 0 radical (unpaired) electrons. The van der Waals surface area contributed by atoms with Crippen molar-refractivity contribution >= 4 is 29.9 Å². The summed E-state index contributed by atoms with van der Waals surface area (Å²) in [5.74, 6) is 0.893. The van der Waals surface area contributed by atoms with Crippen LogP contribution < -0.4 is 10.6 Å². The van der Waals surface area contributed by atoms with Gasteiger partial charge in [0.15, 0.2) is 5.96 Å². The minimum Gasteiger partial charge on any atom is -0.356 e. The molecule has 1 heterocycles. The second-order valence-electron chi connectivity index (χ2n) is 5.54. The predicted octanol–water partition coefficient (Wildman–Crippen LogP) is 2.78. The van der Waals surface area contributed by atoms with Crippen LogP contribution in [0.5, 0.6) is 0 Å². The van der Waals surface area contributed by atoms with Gasteiger partial charge in [-0.1, -0.05) is 13.8 Å². The second-order valence-corrected chi connectivity index (χ2v) is 5.54. The molecule has 0 saturated carbocycles. The van der Waals surface area contributed by atoms with Crippen molar-refractivity contribution in [2.75, 3.05) is 39.8 Å². The van der Waals surface area contributed by atoms with Crippen LogP contribution in [0.15, 0.2) is 29.5 Å². The standard InChI is InChI=1S/C17H33N5.HI/c1-4-11-21(12-5-2)15-8-9-19-17(18-3)20-10-16-22-13-6-7-14-22;/h6-7,13-14H,4-5,8-12,15-16H2,1-3H3,(H2,18,19,20);1H. The molecule has 6 heteroatoms. The average Bonchev–Trinajstić information content (AvgIpc) is 3.03. The van der Waals surface area contributed by atoms with Crippen LogP contribution in [0.3, 0.4) is 0 Å². The lowest BCUT2D eigenvalue weighted by Gasteiger charge is -2.21. The van der Waals surface area contributed by atoms with Gasteiger partial charge >= 0.3 is 0 Å². The van der Waals surface area contributed by atoms with Gasteiger partial charge < -0.3 is 20.1 Å². The zero-order valence-electron chi connectivity index (χ0n) is 14.9. The van der Waals surface area contributed by atoms with Gasteiger partial charge in [-0.15, -0.1) is 24.0 Å². The summed E-state index contributed by atoms with van der Waals surface area (Å²) >= 11 is 0. The lowest BCUT2D eigenvalue weighted by molar-refractivity contribution is 0.271. The van der Waals surface area contributed by atoms with Gasteiger partial charge in [0.2, 0.25) is 0 Å². The lowest BCUT2D eigenvalue weighted by Crippen LogP contribution is -2.40. The van der Waals surface area contributed by atoms with Crippen molar-refractivity contribution in [1.82, 2.24) is 20.1 Å². The maximum absolute atomic E-state index is 4.27. The van der Waals surface area contributed by atoms with Gasteiger partial charge in [-0.05, 0) is 51.0 Å². The van der Waals surface area contributed by atoms with Gasteiger partial charge in [-0.3, -0.25) is 4.99 Å². The molecule has 0 aromatic carbocycles. The number of nitrogens with one attached hydrogen (secondary N) is 2. The van der Waals surface area contributed by atoms with Crippen LogP contribution in [0.4, 0.5) is 0 Å². The number of aromatic nitrogens is 1. The van der Waals surface area contributed by atoms with Gasteiger partial charge in [0.05, 0.1) is 0 Å². The van der Waals surface area contributed by atoms with E-state index in [0.717, 1.165) is 38.6 Å². The Kier molecular flexibility index (Phi) is 14.3. The first kappa shape index (κ1) is 22.2. The van der Waals surface area contributed by atoms with Crippen molar-refractivity contribution in [2.45, 2.75) is 39.7 Å². The highest BCUT2D eigenvalue weighted by atomic mass is 127. The number of guanidine groups is 1. The quantitative estimate of drug-likeness (QED) is 0.243. The fourth-order valence-corrected chi connectivity index (χ4v) is 2.52. The maximum Gasteiger partial charge on any atom is 0.191 e. The van der Waals surface area contributed by atoms with E-state index in [0.29, 0.717) is 0 Å². The second kappa shape index (κ2) is 14.8. The van der Waals surface area contributed by atoms with Crippen LogP contribution in [0, 0.1) is 0 Å². The Balaban J connectivity index is 0.00000484. The highest BCUT2D eigenvalue weighted by Crippen LogP contribution is 1.95. The summed E-state index contributed by atoms with van der Waals surface area (Å²) in [5.41, 5.74) is 0. The number of hydrogen-bond donors (Lipinski definition) is 2. The highest BCUT2D eigenvalue weighted by molar-refractivity contribution is 14.0. The first-order valence-corrected chi connectivity index (χ1v) is 8.57. The number of aliphatic imine (C=N–C) groups is 1. The third-order valence-electron chi connectivity index (χ3n) is 3.58. The number of nitrogens with zero attached hydrogens (tertiary/aromatic N) is 3. The van der Waals surface area contributed by atoms with Crippen molar-refractivity contribution in [2.24, 2.45) is 4.99 Å². The van der Waals surface area contributed by atoms with Crippen LogP contribution in [0.2, 0.25) is 0 Å². The predicted molar refractivity (Wildman–Crippen MR) is 111 cm³/mol. The maximum atomic E-state index is 4.27. The van der Waals surface area contributed by atoms with E-state index in [1.807, 2.05) is 19.2 Å². The summed E-state index contributed by atoms with van der Waals surface area (Å²) in [7, 11) is 1.82. The van der Waals surface area contributed by atoms with E-state index < -0.39 is 0 Å². The monoisotopic (exact) mass is 435 g/mol. The molecule has 0 fully saturated rings. The molecular formula is C17H34IN5. The normalized spacial score (nSPS) is 11.4. The lowest BCUT2D eigenvalue weighted by atomic mass is 10.3. The third-order valence-corrected chi connectivity index (χ3v) is 3.58. The smallest absolute Gasteiger partial charge is 0.191 e. The molecule has 2 N–H and O–H groups in total. The molecule has 0 aliphatic heterocycles. The summed E-state index contributed by atoms with van der Waals surface area (Å²) in [6.07, 6.45) is 7.77. The summed E-state index contributed by atoms with van der Waals surface area (Å²) in [6.45, 7) is 10.9. The Morgan fingerprint density at radius 1 is 1.00 bits per heavy atom. The molecule has 0 bridgehead atoms. The summed E-state index contributed by atoms with van der Waals surface area (Å²) < 4.78 is 2.16. The third kappa shape index (κ3) is 10.6. The molecule has 0 unspecified atom stereocenters. The Bertz CT molecular complexity index is 386. The molecule has 0 saturated heterocycles. The number of rotatable bonds is 11. The van der Waals surface area contributed by atoms with E-state index in [1.165, 1.54) is 25.9 Å². The molecule has 5 nitrogen and oxygen atoms in total. The van der Waals surface area contributed by atoms with Crippen molar-refractivity contribution in [3.05, 3.63) is 24.5 Å². The van der Waals surface area contributed by atoms with Gasteiger partial charge in [0, 0.05) is 39.1 Å². The first-order valence-electron chi connectivity index (χ1n) is 8.57. The average molecular weight is 435 g/mol. The molecule has 0 aliphatic rings. The van der Waals surface area contributed by atoms with Crippen LogP contribution in [-0.2, 0) is 6.54 Å². The molecule has 134 valence electrons. The Morgan fingerprint density at radius 3 is 2.17 bits per heavy atom. The van der Waals surface area contributed by atoms with Crippen molar-refractivity contribution in [3.8, 4) is 0 Å². The molecule has 23 heavy (non-hydrogen) atoms. The Labute approximate surface area is 158 Å². The van der Waals surface area contributed by atoms with Crippen LogP contribution in [0.25, 0.3) is 0 Å². The van der Waals surface area contributed by atoms with Gasteiger partial charge in [-0.25, -0.2) is 0 Å². The molecule has 1 aromatic heterocycles. The fraction of sp³-hybridized carbons (Fsp3) is 0.706. The Hall–Kier alpha value is -0.760. The molecule has 1 rings (SSSR count). The van der Waals surface area contributed by atoms with Gasteiger partial charge in [0.1, 0.15) is 0 Å². The SMILES string of the molecule is CCCN(CCC)CCCNC(=NC)NCCn1cccc1.I. The zero-order chi connectivity index (χ0) is 16.0. The molecule has 0 amide bonds. The van der Waals surface area contributed by atoms with E-state index in [1.54, 1.807) is 0 Å². The van der Waals surface area contributed by atoms with E-state index in [4.69, 9.17) is 0 Å². The molecule has 0 aliphatic carbocycles. The molecule has 0 atom stereocenters. The van der Waals surface area contributed by atoms with Crippen LogP contribution in [0.1, 0.15) is 33.1 Å². The molecule has 1 aromatic rings. The molecular weight excluding hydrogens is 401 g/mol. The van der Waals surface area contributed by atoms with E-state index >= 15 is 0 Å². The number of hydrogen-bond acceptors (Lipinski definition) is 2. The van der Waals surface area contributed by atoms with E-state index in [9.17, 15) is 0 Å². The van der Waals surface area contributed by atoms with Crippen LogP contribution >= 0.6 is 24.0 Å². The van der Waals surface area contributed by atoms with Gasteiger partial charge in [-0.2, -0.15) is 0 Å². The summed E-state index contributed by atoms with van der Waals surface area (Å²) in [4.78, 5) is 6.81. The Morgan fingerprint density at radius 2 is 1.61 bits per heavy atom. The van der Waals surface area contributed by atoms with E-state index in [2.05, 4.69) is 51.3 Å². The highest BCUT2D eigenvalue weighted by Gasteiger charge is 2.02. The first-order chi connectivity index (χ1) is 10.8. The van der Waals surface area contributed by atoms with E-state index in [-0.39, 0.29) is 24.0 Å². The minimum atomic E-state index is 0. The van der Waals surface area contributed by atoms with Crippen molar-refractivity contribution in [1.29, 1.82) is 0 Å². The van der Waals surface area contributed by atoms with Gasteiger partial charge in [0.25, 0.3) is 0 Å². The zero-order valence-corrected chi connectivity index (χ0v) is 17.3. The fourth-order valence-electron chi connectivity index (χ4n) is 2.52.